The summed E-state index contributed by atoms with van der Waals surface area (Å²) >= 11 is 1.91. The van der Waals surface area contributed by atoms with Crippen molar-refractivity contribution in [1.82, 2.24) is 5.32 Å². The van der Waals surface area contributed by atoms with E-state index < -0.39 is 5.97 Å². The number of benzene rings is 1. The fraction of sp³-hybridized carbons (Fsp3) is 0.429. The van der Waals surface area contributed by atoms with Gasteiger partial charge >= 0.3 is 12.0 Å². The molecule has 1 heterocycles. The highest BCUT2D eigenvalue weighted by atomic mass is 32.2. The first-order chi connectivity index (χ1) is 9.63. The van der Waals surface area contributed by atoms with Gasteiger partial charge in [-0.15, -0.1) is 0 Å². The highest BCUT2D eigenvalue weighted by Gasteiger charge is 2.15. The smallest absolute Gasteiger partial charge is 0.319 e. The molecule has 1 fully saturated rings. The molecule has 1 saturated heterocycles. The molecule has 2 rings (SSSR count). The van der Waals surface area contributed by atoms with Crippen LogP contribution < -0.4 is 10.6 Å². The minimum Gasteiger partial charge on any atom is -0.481 e. The lowest BCUT2D eigenvalue weighted by Gasteiger charge is -2.22. The average molecular weight is 294 g/mol. The second-order valence-electron chi connectivity index (χ2n) is 4.76. The monoisotopic (exact) mass is 294 g/mol. The van der Waals surface area contributed by atoms with E-state index in [-0.39, 0.29) is 18.5 Å². The van der Waals surface area contributed by atoms with Crippen molar-refractivity contribution in [2.45, 2.75) is 25.3 Å². The minimum atomic E-state index is -0.883. The zero-order chi connectivity index (χ0) is 14.4. The van der Waals surface area contributed by atoms with Gasteiger partial charge in [-0.2, -0.15) is 11.8 Å². The zero-order valence-electron chi connectivity index (χ0n) is 11.1. The Hall–Kier alpha value is -1.69. The number of thioether (sulfide) groups is 1. The Labute approximate surface area is 122 Å². The Morgan fingerprint density at radius 1 is 1.30 bits per heavy atom. The van der Waals surface area contributed by atoms with Crippen molar-refractivity contribution >= 4 is 29.4 Å². The molecule has 5 nitrogen and oxygen atoms in total. The summed E-state index contributed by atoms with van der Waals surface area (Å²) in [6, 6.07) is 6.92. The topological polar surface area (TPSA) is 78.4 Å². The number of nitrogens with one attached hydrogen (secondary N) is 2. The van der Waals surface area contributed by atoms with E-state index in [1.54, 1.807) is 24.3 Å². The van der Waals surface area contributed by atoms with Crippen LogP contribution in [-0.4, -0.2) is 34.7 Å². The van der Waals surface area contributed by atoms with Gasteiger partial charge in [-0.05, 0) is 42.0 Å². The summed E-state index contributed by atoms with van der Waals surface area (Å²) in [5.41, 5.74) is 1.29. The Balaban J connectivity index is 1.88. The number of carboxylic acid groups (broad SMARTS) is 1. The van der Waals surface area contributed by atoms with Crippen LogP contribution in [0.15, 0.2) is 24.3 Å². The van der Waals surface area contributed by atoms with Gasteiger partial charge in [-0.25, -0.2) is 4.79 Å². The number of aliphatic carboxylic acids is 1. The lowest BCUT2D eigenvalue weighted by Crippen LogP contribution is -2.39. The zero-order valence-corrected chi connectivity index (χ0v) is 11.9. The first kappa shape index (κ1) is 14.7. The molecule has 1 aromatic carbocycles. The van der Waals surface area contributed by atoms with Gasteiger partial charge in [0.2, 0.25) is 0 Å². The lowest BCUT2D eigenvalue weighted by molar-refractivity contribution is -0.136. The van der Waals surface area contributed by atoms with Crippen molar-refractivity contribution in [2.75, 3.05) is 16.8 Å². The maximum atomic E-state index is 11.9. The molecule has 1 aliphatic heterocycles. The summed E-state index contributed by atoms with van der Waals surface area (Å²) in [6.07, 6.45) is 1.95. The van der Waals surface area contributed by atoms with Crippen molar-refractivity contribution in [3.63, 3.8) is 0 Å². The van der Waals surface area contributed by atoms with Crippen molar-refractivity contribution in [3.8, 4) is 0 Å². The largest absolute Gasteiger partial charge is 0.481 e. The van der Waals surface area contributed by atoms with Crippen LogP contribution in [-0.2, 0) is 11.2 Å². The summed E-state index contributed by atoms with van der Waals surface area (Å²) in [5.74, 6) is 1.28. The molecule has 0 atom stereocenters. The lowest BCUT2D eigenvalue weighted by atomic mass is 10.1. The third-order valence-corrected chi connectivity index (χ3v) is 4.15. The fourth-order valence-electron chi connectivity index (χ4n) is 2.13. The minimum absolute atomic E-state index is 0.0447. The van der Waals surface area contributed by atoms with Gasteiger partial charge in [0.15, 0.2) is 0 Å². The van der Waals surface area contributed by atoms with Crippen molar-refractivity contribution in [3.05, 3.63) is 29.8 Å². The molecule has 3 N–H and O–H groups in total. The number of hydrogen-bond acceptors (Lipinski definition) is 3. The Morgan fingerprint density at radius 2 is 2.05 bits per heavy atom. The van der Waals surface area contributed by atoms with E-state index in [2.05, 4.69) is 10.6 Å². The molecule has 0 radical (unpaired) electrons. The maximum Gasteiger partial charge on any atom is 0.319 e. The van der Waals surface area contributed by atoms with Crippen LogP contribution in [0.25, 0.3) is 0 Å². The predicted octanol–water partition coefficient (Wildman–Crippen LogP) is 2.33. The molecule has 20 heavy (non-hydrogen) atoms. The number of amides is 2. The molecule has 0 spiro atoms. The highest BCUT2D eigenvalue weighted by molar-refractivity contribution is 7.99. The fourth-order valence-corrected chi connectivity index (χ4v) is 3.23. The molecule has 1 aliphatic rings. The molecule has 0 unspecified atom stereocenters. The summed E-state index contributed by atoms with van der Waals surface area (Å²) < 4.78 is 0. The molecule has 0 aliphatic carbocycles. The molecule has 1 aromatic rings. The molecule has 108 valence electrons. The first-order valence-corrected chi connectivity index (χ1v) is 7.75. The molecule has 0 saturated carbocycles. The first-order valence-electron chi connectivity index (χ1n) is 6.59. The second-order valence-corrected chi connectivity index (χ2v) is 5.98. The number of anilines is 1. The number of carboxylic acids is 1. The number of carbonyl (C=O) groups excluding carboxylic acids is 1. The van der Waals surface area contributed by atoms with Gasteiger partial charge in [0.05, 0.1) is 6.42 Å². The van der Waals surface area contributed by atoms with Gasteiger partial charge in [-0.1, -0.05) is 12.1 Å². The van der Waals surface area contributed by atoms with Crippen molar-refractivity contribution in [2.24, 2.45) is 0 Å². The summed E-state index contributed by atoms with van der Waals surface area (Å²) in [5, 5.41) is 14.5. The quantitative estimate of drug-likeness (QED) is 0.796. The van der Waals surface area contributed by atoms with Crippen molar-refractivity contribution in [1.29, 1.82) is 0 Å². The van der Waals surface area contributed by atoms with Gasteiger partial charge in [0, 0.05) is 11.7 Å². The summed E-state index contributed by atoms with van der Waals surface area (Å²) in [4.78, 5) is 22.5. The molecule has 0 aromatic heterocycles. The normalized spacial score (nSPS) is 15.6. The van der Waals surface area contributed by atoms with Crippen LogP contribution in [0.5, 0.6) is 0 Å². The maximum absolute atomic E-state index is 11.9. The number of rotatable bonds is 4. The highest BCUT2D eigenvalue weighted by Crippen LogP contribution is 2.17. The average Bonchev–Trinajstić information content (AvgIpc) is 2.39. The third-order valence-electron chi connectivity index (χ3n) is 3.10. The van der Waals surface area contributed by atoms with E-state index in [0.717, 1.165) is 24.3 Å². The predicted molar refractivity (Wildman–Crippen MR) is 80.3 cm³/mol. The molecule has 6 heteroatoms. The van der Waals surface area contributed by atoms with Crippen LogP contribution in [0.1, 0.15) is 18.4 Å². The van der Waals surface area contributed by atoms with E-state index in [0.29, 0.717) is 11.3 Å². The SMILES string of the molecule is O=C(O)Cc1cccc(NC(=O)NC2CCSCC2)c1. The summed E-state index contributed by atoms with van der Waals surface area (Å²) in [7, 11) is 0. The van der Waals surface area contributed by atoms with Gasteiger partial charge in [-0.3, -0.25) is 4.79 Å². The van der Waals surface area contributed by atoms with Gasteiger partial charge in [0.1, 0.15) is 0 Å². The Bertz CT molecular complexity index is 487. The molecular formula is C14H18N2O3S. The van der Waals surface area contributed by atoms with E-state index >= 15 is 0 Å². The van der Waals surface area contributed by atoms with Crippen LogP contribution in [0.2, 0.25) is 0 Å². The number of carbonyl (C=O) groups is 2. The van der Waals surface area contributed by atoms with Crippen LogP contribution in [0.3, 0.4) is 0 Å². The molecule has 2 amide bonds. The van der Waals surface area contributed by atoms with E-state index in [1.165, 1.54) is 0 Å². The molecule has 0 bridgehead atoms. The number of urea groups is 1. The van der Waals surface area contributed by atoms with Crippen LogP contribution in [0.4, 0.5) is 10.5 Å². The third kappa shape index (κ3) is 4.77. The van der Waals surface area contributed by atoms with E-state index in [4.69, 9.17) is 5.11 Å². The van der Waals surface area contributed by atoms with Crippen LogP contribution in [0, 0.1) is 0 Å². The van der Waals surface area contributed by atoms with E-state index in [1.807, 2.05) is 11.8 Å². The Kier molecular flexibility index (Phi) is 5.29. The van der Waals surface area contributed by atoms with Gasteiger partial charge < -0.3 is 15.7 Å². The van der Waals surface area contributed by atoms with Crippen molar-refractivity contribution < 1.29 is 14.7 Å². The number of hydrogen-bond donors (Lipinski definition) is 3. The standard InChI is InChI=1S/C14H18N2O3S/c17-13(18)9-10-2-1-3-12(8-10)16-14(19)15-11-4-6-20-7-5-11/h1-3,8,11H,4-7,9H2,(H,17,18)(H2,15,16,19). The summed E-state index contributed by atoms with van der Waals surface area (Å²) in [6.45, 7) is 0. The van der Waals surface area contributed by atoms with E-state index in [9.17, 15) is 9.59 Å². The van der Waals surface area contributed by atoms with Gasteiger partial charge in [0.25, 0.3) is 0 Å². The second kappa shape index (κ2) is 7.19. The Morgan fingerprint density at radius 3 is 2.75 bits per heavy atom. The molecular weight excluding hydrogens is 276 g/mol. The van der Waals surface area contributed by atoms with Crippen LogP contribution >= 0.6 is 11.8 Å².